The van der Waals surface area contributed by atoms with E-state index in [0.29, 0.717) is 6.54 Å². The zero-order chi connectivity index (χ0) is 14.7. The Morgan fingerprint density at radius 1 is 1.14 bits per heavy atom. The monoisotopic (exact) mass is 287 g/mol. The van der Waals surface area contributed by atoms with Gasteiger partial charge in [-0.15, -0.1) is 0 Å². The van der Waals surface area contributed by atoms with E-state index in [0.717, 1.165) is 49.3 Å². The number of oxazole rings is 1. The van der Waals surface area contributed by atoms with Crippen molar-refractivity contribution in [2.24, 2.45) is 0 Å². The molecule has 21 heavy (non-hydrogen) atoms. The minimum atomic E-state index is 0.603. The predicted molar refractivity (Wildman–Crippen MR) is 82.8 cm³/mol. The van der Waals surface area contributed by atoms with Gasteiger partial charge in [0.1, 0.15) is 5.76 Å². The van der Waals surface area contributed by atoms with E-state index < -0.39 is 0 Å². The van der Waals surface area contributed by atoms with Gasteiger partial charge in [-0.05, 0) is 38.1 Å². The second kappa shape index (κ2) is 6.18. The molecule has 5 heteroatoms. The average Bonchev–Trinajstić information content (AvgIpc) is 2.85. The highest BCUT2D eigenvalue weighted by atomic mass is 16.5. The van der Waals surface area contributed by atoms with Gasteiger partial charge in [0.25, 0.3) is 0 Å². The van der Waals surface area contributed by atoms with Crippen LogP contribution in [0.3, 0.4) is 0 Å². The number of nitrogens with zero attached hydrogens (tertiary/aromatic N) is 2. The number of aromatic nitrogens is 1. The SMILES string of the molecule is Cc1nc(CNc2ccc(N3CCOCC3)cc2)oc1C. The lowest BCUT2D eigenvalue weighted by molar-refractivity contribution is 0.122. The molecular weight excluding hydrogens is 266 g/mol. The third-order valence-corrected chi connectivity index (χ3v) is 3.76. The Bertz CT molecular complexity index is 567. The molecule has 1 aromatic carbocycles. The molecule has 2 heterocycles. The van der Waals surface area contributed by atoms with E-state index >= 15 is 0 Å². The maximum atomic E-state index is 5.56. The van der Waals surface area contributed by atoms with Crippen molar-refractivity contribution >= 4 is 11.4 Å². The van der Waals surface area contributed by atoms with Crippen LogP contribution in [0.4, 0.5) is 11.4 Å². The second-order valence-electron chi connectivity index (χ2n) is 5.25. The summed E-state index contributed by atoms with van der Waals surface area (Å²) >= 11 is 0. The molecule has 112 valence electrons. The van der Waals surface area contributed by atoms with Gasteiger partial charge < -0.3 is 19.4 Å². The van der Waals surface area contributed by atoms with E-state index in [1.165, 1.54) is 5.69 Å². The number of hydrogen-bond acceptors (Lipinski definition) is 5. The molecule has 1 aliphatic rings. The standard InChI is InChI=1S/C16H21N3O2/c1-12-13(2)21-16(18-12)11-17-14-3-5-15(6-4-14)19-7-9-20-10-8-19/h3-6,17H,7-11H2,1-2H3. The van der Waals surface area contributed by atoms with E-state index in [9.17, 15) is 0 Å². The van der Waals surface area contributed by atoms with Crippen LogP contribution >= 0.6 is 0 Å². The van der Waals surface area contributed by atoms with Crippen LogP contribution in [0, 0.1) is 13.8 Å². The first kappa shape index (κ1) is 13.9. The molecule has 2 aromatic rings. The van der Waals surface area contributed by atoms with E-state index in [2.05, 4.69) is 39.5 Å². The fraction of sp³-hybridized carbons (Fsp3) is 0.438. The summed E-state index contributed by atoms with van der Waals surface area (Å²) in [5.74, 6) is 1.61. The zero-order valence-electron chi connectivity index (χ0n) is 12.6. The second-order valence-corrected chi connectivity index (χ2v) is 5.25. The summed E-state index contributed by atoms with van der Waals surface area (Å²) in [5, 5.41) is 3.33. The molecule has 0 aliphatic carbocycles. The minimum Gasteiger partial charge on any atom is -0.444 e. The van der Waals surface area contributed by atoms with Crippen LogP contribution in [0.15, 0.2) is 28.7 Å². The van der Waals surface area contributed by atoms with Gasteiger partial charge in [-0.25, -0.2) is 4.98 Å². The maximum Gasteiger partial charge on any atom is 0.213 e. The number of benzene rings is 1. The largest absolute Gasteiger partial charge is 0.444 e. The van der Waals surface area contributed by atoms with Crippen LogP contribution in [0.5, 0.6) is 0 Å². The lowest BCUT2D eigenvalue weighted by Gasteiger charge is -2.28. The van der Waals surface area contributed by atoms with Crippen molar-refractivity contribution in [1.82, 2.24) is 4.98 Å². The smallest absolute Gasteiger partial charge is 0.213 e. The Balaban J connectivity index is 1.59. The van der Waals surface area contributed by atoms with Crippen molar-refractivity contribution in [3.63, 3.8) is 0 Å². The van der Waals surface area contributed by atoms with Crippen LogP contribution < -0.4 is 10.2 Å². The number of hydrogen-bond donors (Lipinski definition) is 1. The lowest BCUT2D eigenvalue weighted by Crippen LogP contribution is -2.36. The number of ether oxygens (including phenoxy) is 1. The number of rotatable bonds is 4. The fourth-order valence-electron chi connectivity index (χ4n) is 2.40. The molecule has 0 radical (unpaired) electrons. The van der Waals surface area contributed by atoms with E-state index in [-0.39, 0.29) is 0 Å². The summed E-state index contributed by atoms with van der Waals surface area (Å²) in [5.41, 5.74) is 3.27. The normalized spacial score (nSPS) is 15.2. The first-order valence-corrected chi connectivity index (χ1v) is 7.32. The van der Waals surface area contributed by atoms with Crippen molar-refractivity contribution in [1.29, 1.82) is 0 Å². The molecular formula is C16H21N3O2. The van der Waals surface area contributed by atoms with Crippen LogP contribution in [0.25, 0.3) is 0 Å². The van der Waals surface area contributed by atoms with Crippen molar-refractivity contribution in [2.45, 2.75) is 20.4 Å². The highest BCUT2D eigenvalue weighted by Crippen LogP contribution is 2.19. The first-order valence-electron chi connectivity index (χ1n) is 7.32. The highest BCUT2D eigenvalue weighted by Gasteiger charge is 2.11. The summed E-state index contributed by atoms with van der Waals surface area (Å²) < 4.78 is 10.9. The molecule has 1 aliphatic heterocycles. The molecule has 1 fully saturated rings. The lowest BCUT2D eigenvalue weighted by atomic mass is 10.2. The van der Waals surface area contributed by atoms with Gasteiger partial charge in [0.15, 0.2) is 0 Å². The van der Waals surface area contributed by atoms with Gasteiger partial charge in [-0.2, -0.15) is 0 Å². The Morgan fingerprint density at radius 3 is 2.48 bits per heavy atom. The van der Waals surface area contributed by atoms with Gasteiger partial charge in [0, 0.05) is 24.5 Å². The van der Waals surface area contributed by atoms with Gasteiger partial charge >= 0.3 is 0 Å². The van der Waals surface area contributed by atoms with Gasteiger partial charge in [-0.3, -0.25) is 0 Å². The zero-order valence-corrected chi connectivity index (χ0v) is 12.6. The number of aryl methyl sites for hydroxylation is 2. The van der Waals surface area contributed by atoms with Crippen LogP contribution in [0.2, 0.25) is 0 Å². The summed E-state index contributed by atoms with van der Waals surface area (Å²) in [6.07, 6.45) is 0. The molecule has 0 bridgehead atoms. The average molecular weight is 287 g/mol. The summed E-state index contributed by atoms with van der Waals surface area (Å²) in [6.45, 7) is 8.03. The van der Waals surface area contributed by atoms with Crippen LogP contribution in [0.1, 0.15) is 17.3 Å². The number of anilines is 2. The first-order chi connectivity index (χ1) is 10.2. The molecule has 0 amide bonds. The van der Waals surface area contributed by atoms with Gasteiger partial charge in [-0.1, -0.05) is 0 Å². The van der Waals surface area contributed by atoms with Crippen molar-refractivity contribution in [3.8, 4) is 0 Å². The van der Waals surface area contributed by atoms with E-state index in [1.807, 2.05) is 13.8 Å². The third kappa shape index (κ3) is 3.36. The molecule has 1 saturated heterocycles. The summed E-state index contributed by atoms with van der Waals surface area (Å²) in [7, 11) is 0. The van der Waals surface area contributed by atoms with Crippen LogP contribution in [-0.4, -0.2) is 31.3 Å². The minimum absolute atomic E-state index is 0.603. The molecule has 1 aromatic heterocycles. The quantitative estimate of drug-likeness (QED) is 0.937. The Kier molecular flexibility index (Phi) is 4.10. The van der Waals surface area contributed by atoms with Crippen molar-refractivity contribution in [3.05, 3.63) is 41.6 Å². The van der Waals surface area contributed by atoms with Gasteiger partial charge in [0.2, 0.25) is 5.89 Å². The maximum absolute atomic E-state index is 5.56. The highest BCUT2D eigenvalue weighted by molar-refractivity contribution is 5.55. The molecule has 0 unspecified atom stereocenters. The Hall–Kier alpha value is -2.01. The molecule has 3 rings (SSSR count). The van der Waals surface area contributed by atoms with Gasteiger partial charge in [0.05, 0.1) is 25.5 Å². The van der Waals surface area contributed by atoms with E-state index in [4.69, 9.17) is 9.15 Å². The molecule has 0 atom stereocenters. The fourth-order valence-corrected chi connectivity index (χ4v) is 2.40. The van der Waals surface area contributed by atoms with Crippen molar-refractivity contribution in [2.75, 3.05) is 36.5 Å². The topological polar surface area (TPSA) is 50.5 Å². The molecule has 0 saturated carbocycles. The predicted octanol–water partition coefficient (Wildman–Crippen LogP) is 2.74. The Morgan fingerprint density at radius 2 is 1.86 bits per heavy atom. The number of morpholine rings is 1. The molecule has 0 spiro atoms. The van der Waals surface area contributed by atoms with Crippen LogP contribution in [-0.2, 0) is 11.3 Å². The summed E-state index contributed by atoms with van der Waals surface area (Å²) in [6, 6.07) is 8.46. The third-order valence-electron chi connectivity index (χ3n) is 3.76. The molecule has 1 N–H and O–H groups in total. The van der Waals surface area contributed by atoms with E-state index in [1.54, 1.807) is 0 Å². The van der Waals surface area contributed by atoms with Crippen molar-refractivity contribution < 1.29 is 9.15 Å². The number of nitrogens with one attached hydrogen (secondary N) is 1. The Labute approximate surface area is 124 Å². The summed E-state index contributed by atoms with van der Waals surface area (Å²) in [4.78, 5) is 6.71. The molecule has 5 nitrogen and oxygen atoms in total.